The molecule has 0 aromatic heterocycles. The molecule has 0 aliphatic heterocycles. The molecule has 2 nitrogen and oxygen atoms in total. The first-order chi connectivity index (χ1) is 7.52. The summed E-state index contributed by atoms with van der Waals surface area (Å²) in [4.78, 5) is 0. The first-order valence-corrected chi connectivity index (χ1v) is 5.37. The molecule has 0 bridgehead atoms. The van der Waals surface area contributed by atoms with Crippen LogP contribution in [0.25, 0.3) is 0 Å². The Balaban J connectivity index is 2.54. The first kappa shape index (κ1) is 12.9. The molecule has 1 rings (SSSR count). The number of nitrogens with two attached hydrogens (primary N) is 1. The van der Waals surface area contributed by atoms with Crippen LogP contribution in [0.15, 0.2) is 18.2 Å². The molecule has 16 heavy (non-hydrogen) atoms. The summed E-state index contributed by atoms with van der Waals surface area (Å²) in [6.07, 6.45) is 0.946. The van der Waals surface area contributed by atoms with E-state index < -0.39 is 11.6 Å². The summed E-state index contributed by atoms with van der Waals surface area (Å²) in [5.41, 5.74) is 5.84. The van der Waals surface area contributed by atoms with Crippen LogP contribution < -0.4 is 10.5 Å². The van der Waals surface area contributed by atoms with Gasteiger partial charge < -0.3 is 10.5 Å². The number of ether oxygens (including phenoxy) is 1. The molecule has 2 N–H and O–H groups in total. The van der Waals surface area contributed by atoms with Crippen LogP contribution in [0, 0.1) is 17.6 Å². The van der Waals surface area contributed by atoms with E-state index in [9.17, 15) is 8.78 Å². The van der Waals surface area contributed by atoms with Gasteiger partial charge in [-0.3, -0.25) is 0 Å². The van der Waals surface area contributed by atoms with Gasteiger partial charge in [0.15, 0.2) is 0 Å². The molecule has 0 fully saturated rings. The van der Waals surface area contributed by atoms with Gasteiger partial charge in [0.1, 0.15) is 24.0 Å². The molecule has 0 radical (unpaired) electrons. The Bertz CT molecular complexity index is 324. The Morgan fingerprint density at radius 3 is 2.31 bits per heavy atom. The van der Waals surface area contributed by atoms with Crippen LogP contribution in [0.4, 0.5) is 8.78 Å². The van der Waals surface area contributed by atoms with E-state index in [0.717, 1.165) is 24.6 Å². The summed E-state index contributed by atoms with van der Waals surface area (Å²) < 4.78 is 30.9. The van der Waals surface area contributed by atoms with Crippen LogP contribution in [0.1, 0.15) is 20.3 Å². The van der Waals surface area contributed by atoms with Gasteiger partial charge in [0.05, 0.1) is 0 Å². The number of hydrogen-bond acceptors (Lipinski definition) is 2. The Hall–Kier alpha value is -1.16. The van der Waals surface area contributed by atoms with E-state index in [-0.39, 0.29) is 18.4 Å². The highest BCUT2D eigenvalue weighted by molar-refractivity contribution is 5.23. The fourth-order valence-corrected chi connectivity index (χ4v) is 1.27. The minimum Gasteiger partial charge on any atom is -0.492 e. The highest BCUT2D eigenvalue weighted by atomic mass is 19.1. The van der Waals surface area contributed by atoms with Gasteiger partial charge in [-0.15, -0.1) is 0 Å². The van der Waals surface area contributed by atoms with E-state index in [2.05, 4.69) is 0 Å². The predicted octanol–water partition coefficient (Wildman–Crippen LogP) is 2.72. The molecule has 0 saturated carbocycles. The number of hydrogen-bond donors (Lipinski definition) is 1. The van der Waals surface area contributed by atoms with Crippen LogP contribution in [-0.4, -0.2) is 12.6 Å². The SMILES string of the molecule is CCC(C)C(N)COc1cc(F)cc(F)c1. The van der Waals surface area contributed by atoms with Crippen LogP contribution in [0.2, 0.25) is 0 Å². The molecule has 1 aromatic rings. The van der Waals surface area contributed by atoms with Crippen molar-refractivity contribution in [1.29, 1.82) is 0 Å². The molecule has 4 heteroatoms. The summed E-state index contributed by atoms with van der Waals surface area (Å²) in [5, 5.41) is 0. The largest absolute Gasteiger partial charge is 0.492 e. The van der Waals surface area contributed by atoms with Crippen molar-refractivity contribution in [3.63, 3.8) is 0 Å². The van der Waals surface area contributed by atoms with Crippen molar-refractivity contribution in [3.8, 4) is 5.75 Å². The molecule has 0 aliphatic rings. The second-order valence-electron chi connectivity index (χ2n) is 3.97. The average molecular weight is 229 g/mol. The molecular weight excluding hydrogens is 212 g/mol. The monoisotopic (exact) mass is 229 g/mol. The minimum atomic E-state index is -0.646. The number of rotatable bonds is 5. The van der Waals surface area contributed by atoms with E-state index in [1.807, 2.05) is 13.8 Å². The Morgan fingerprint density at radius 2 is 1.81 bits per heavy atom. The van der Waals surface area contributed by atoms with Crippen LogP contribution in [-0.2, 0) is 0 Å². The van der Waals surface area contributed by atoms with Crippen molar-refractivity contribution in [2.24, 2.45) is 11.7 Å². The maximum Gasteiger partial charge on any atom is 0.129 e. The van der Waals surface area contributed by atoms with Gasteiger partial charge in [0.2, 0.25) is 0 Å². The van der Waals surface area contributed by atoms with E-state index in [1.165, 1.54) is 0 Å². The van der Waals surface area contributed by atoms with Crippen molar-refractivity contribution in [2.45, 2.75) is 26.3 Å². The number of benzene rings is 1. The van der Waals surface area contributed by atoms with E-state index in [0.29, 0.717) is 5.92 Å². The van der Waals surface area contributed by atoms with Crippen molar-refractivity contribution in [1.82, 2.24) is 0 Å². The third-order valence-electron chi connectivity index (χ3n) is 2.65. The fourth-order valence-electron chi connectivity index (χ4n) is 1.27. The highest BCUT2D eigenvalue weighted by Crippen LogP contribution is 2.16. The smallest absolute Gasteiger partial charge is 0.129 e. The summed E-state index contributed by atoms with van der Waals surface area (Å²) in [6, 6.07) is 2.97. The summed E-state index contributed by atoms with van der Waals surface area (Å²) >= 11 is 0. The number of halogens is 2. The fraction of sp³-hybridized carbons (Fsp3) is 0.500. The maximum absolute atomic E-state index is 12.8. The van der Waals surface area contributed by atoms with Crippen molar-refractivity contribution in [3.05, 3.63) is 29.8 Å². The Kier molecular flexibility index (Phi) is 4.68. The summed E-state index contributed by atoms with van der Waals surface area (Å²) in [5.74, 6) is -0.797. The standard InChI is InChI=1S/C12H17F2NO/c1-3-8(2)12(15)7-16-11-5-9(13)4-10(14)6-11/h4-6,8,12H,3,7,15H2,1-2H3. The highest BCUT2D eigenvalue weighted by Gasteiger charge is 2.11. The van der Waals surface area contributed by atoms with Gasteiger partial charge in [-0.05, 0) is 5.92 Å². The second kappa shape index (κ2) is 5.80. The lowest BCUT2D eigenvalue weighted by molar-refractivity contribution is 0.248. The van der Waals surface area contributed by atoms with Crippen LogP contribution in [0.5, 0.6) is 5.75 Å². The molecule has 2 unspecified atom stereocenters. The van der Waals surface area contributed by atoms with Crippen LogP contribution in [0.3, 0.4) is 0 Å². The average Bonchev–Trinajstić information content (AvgIpc) is 2.23. The molecule has 0 heterocycles. The molecule has 0 spiro atoms. The lowest BCUT2D eigenvalue weighted by Gasteiger charge is -2.18. The van der Waals surface area contributed by atoms with Gasteiger partial charge in [-0.2, -0.15) is 0 Å². The van der Waals surface area contributed by atoms with Crippen molar-refractivity contribution < 1.29 is 13.5 Å². The lowest BCUT2D eigenvalue weighted by Crippen LogP contribution is -2.34. The van der Waals surface area contributed by atoms with E-state index in [1.54, 1.807) is 0 Å². The normalized spacial score (nSPS) is 14.6. The van der Waals surface area contributed by atoms with Crippen molar-refractivity contribution >= 4 is 0 Å². The molecule has 90 valence electrons. The first-order valence-electron chi connectivity index (χ1n) is 5.37. The third-order valence-corrected chi connectivity index (χ3v) is 2.65. The van der Waals surface area contributed by atoms with Gasteiger partial charge in [0, 0.05) is 24.2 Å². The third kappa shape index (κ3) is 3.77. The minimum absolute atomic E-state index is 0.128. The quantitative estimate of drug-likeness (QED) is 0.842. The van der Waals surface area contributed by atoms with Crippen LogP contribution >= 0.6 is 0 Å². The molecule has 1 aromatic carbocycles. The zero-order valence-corrected chi connectivity index (χ0v) is 9.54. The van der Waals surface area contributed by atoms with Gasteiger partial charge >= 0.3 is 0 Å². The van der Waals surface area contributed by atoms with E-state index >= 15 is 0 Å². The lowest BCUT2D eigenvalue weighted by atomic mass is 10.0. The van der Waals surface area contributed by atoms with Gasteiger partial charge in [-0.1, -0.05) is 20.3 Å². The summed E-state index contributed by atoms with van der Waals surface area (Å²) in [7, 11) is 0. The predicted molar refractivity (Wildman–Crippen MR) is 59.3 cm³/mol. The topological polar surface area (TPSA) is 35.2 Å². The Morgan fingerprint density at radius 1 is 1.25 bits per heavy atom. The second-order valence-corrected chi connectivity index (χ2v) is 3.97. The zero-order valence-electron chi connectivity index (χ0n) is 9.54. The molecule has 0 amide bonds. The summed E-state index contributed by atoms with van der Waals surface area (Å²) in [6.45, 7) is 4.31. The van der Waals surface area contributed by atoms with Crippen molar-refractivity contribution in [2.75, 3.05) is 6.61 Å². The maximum atomic E-state index is 12.8. The Labute approximate surface area is 94.4 Å². The zero-order chi connectivity index (χ0) is 12.1. The molecular formula is C12H17F2NO. The molecule has 2 atom stereocenters. The van der Waals surface area contributed by atoms with Gasteiger partial charge in [-0.25, -0.2) is 8.78 Å². The van der Waals surface area contributed by atoms with Gasteiger partial charge in [0.25, 0.3) is 0 Å². The van der Waals surface area contributed by atoms with E-state index in [4.69, 9.17) is 10.5 Å². The molecule has 0 aliphatic carbocycles. The molecule has 0 saturated heterocycles.